The summed E-state index contributed by atoms with van der Waals surface area (Å²) in [6, 6.07) is 0.300. The molecule has 0 spiro atoms. The van der Waals surface area contributed by atoms with Crippen LogP contribution in [0, 0.1) is 19.8 Å². The Balaban J connectivity index is 1.45. The maximum absolute atomic E-state index is 12.1. The molecule has 0 aromatic carbocycles. The fraction of sp³-hybridized carbons (Fsp3) is 0.765. The molecule has 1 N–H and O–H groups in total. The van der Waals surface area contributed by atoms with Crippen LogP contribution in [-0.4, -0.2) is 35.1 Å². The zero-order valence-electron chi connectivity index (χ0n) is 13.7. The van der Waals surface area contributed by atoms with Crippen molar-refractivity contribution in [1.82, 2.24) is 15.4 Å². The summed E-state index contributed by atoms with van der Waals surface area (Å²) in [7, 11) is 0. The first kappa shape index (κ1) is 15.5. The molecule has 1 aromatic rings. The standard InChI is InChI=1S/C17H27N3O2/c1-12-16(13(2)22-19-12)11-20-8-7-15(10-20)18-17(21)9-14-5-3-4-6-14/h14-15H,3-11H2,1-2H3,(H,18,21). The van der Waals surface area contributed by atoms with E-state index in [2.05, 4.69) is 15.4 Å². The van der Waals surface area contributed by atoms with Crippen LogP contribution in [0.5, 0.6) is 0 Å². The number of carbonyl (C=O) groups excluding carboxylic acids is 1. The number of amides is 1. The summed E-state index contributed by atoms with van der Waals surface area (Å²) in [6.07, 6.45) is 6.83. The van der Waals surface area contributed by atoms with E-state index in [1.165, 1.54) is 31.2 Å². The number of nitrogens with zero attached hydrogens (tertiary/aromatic N) is 2. The summed E-state index contributed by atoms with van der Waals surface area (Å²) in [6.45, 7) is 6.78. The molecule has 1 atom stereocenters. The van der Waals surface area contributed by atoms with E-state index >= 15 is 0 Å². The van der Waals surface area contributed by atoms with Crippen LogP contribution in [-0.2, 0) is 11.3 Å². The van der Waals surface area contributed by atoms with Gasteiger partial charge in [-0.05, 0) is 39.0 Å². The fourth-order valence-corrected chi connectivity index (χ4v) is 3.81. The minimum Gasteiger partial charge on any atom is -0.361 e. The Hall–Kier alpha value is -1.36. The van der Waals surface area contributed by atoms with Crippen LogP contribution in [0.15, 0.2) is 4.52 Å². The Morgan fingerprint density at radius 1 is 1.32 bits per heavy atom. The second kappa shape index (κ2) is 6.82. The zero-order valence-corrected chi connectivity index (χ0v) is 13.7. The van der Waals surface area contributed by atoms with Crippen molar-refractivity contribution in [2.75, 3.05) is 13.1 Å². The molecule has 5 nitrogen and oxygen atoms in total. The van der Waals surface area contributed by atoms with Crippen LogP contribution in [0.1, 0.15) is 55.5 Å². The topological polar surface area (TPSA) is 58.4 Å². The first-order valence-electron chi connectivity index (χ1n) is 8.55. The molecule has 2 fully saturated rings. The van der Waals surface area contributed by atoms with Gasteiger partial charge in [0.1, 0.15) is 5.76 Å². The minimum atomic E-state index is 0.246. The normalized spacial score (nSPS) is 23.3. The summed E-state index contributed by atoms with van der Waals surface area (Å²) in [4.78, 5) is 14.5. The average Bonchev–Trinajstić information content (AvgIpc) is 3.19. The van der Waals surface area contributed by atoms with Gasteiger partial charge in [-0.15, -0.1) is 0 Å². The van der Waals surface area contributed by atoms with Gasteiger partial charge in [0, 0.05) is 37.7 Å². The van der Waals surface area contributed by atoms with Crippen molar-refractivity contribution >= 4 is 5.91 Å². The molecule has 2 heterocycles. The zero-order chi connectivity index (χ0) is 15.5. The number of hydrogen-bond acceptors (Lipinski definition) is 4. The average molecular weight is 305 g/mol. The number of nitrogens with one attached hydrogen (secondary N) is 1. The van der Waals surface area contributed by atoms with Crippen LogP contribution < -0.4 is 5.32 Å². The first-order chi connectivity index (χ1) is 10.6. The van der Waals surface area contributed by atoms with Gasteiger partial charge >= 0.3 is 0 Å². The van der Waals surface area contributed by atoms with Crippen molar-refractivity contribution in [3.8, 4) is 0 Å². The van der Waals surface area contributed by atoms with Gasteiger partial charge in [-0.2, -0.15) is 0 Å². The molecule has 0 bridgehead atoms. The molecular weight excluding hydrogens is 278 g/mol. The van der Waals surface area contributed by atoms with E-state index in [0.717, 1.165) is 43.9 Å². The Bertz CT molecular complexity index is 500. The van der Waals surface area contributed by atoms with Crippen molar-refractivity contribution in [2.45, 2.75) is 65.0 Å². The molecule has 1 amide bonds. The molecular formula is C17H27N3O2. The predicted octanol–water partition coefficient (Wildman–Crippen LogP) is 2.56. The SMILES string of the molecule is Cc1noc(C)c1CN1CCC(NC(=O)CC2CCCC2)C1. The smallest absolute Gasteiger partial charge is 0.220 e. The molecule has 1 saturated carbocycles. The van der Waals surface area contributed by atoms with Crippen molar-refractivity contribution in [3.05, 3.63) is 17.0 Å². The van der Waals surface area contributed by atoms with Crippen molar-refractivity contribution in [2.24, 2.45) is 5.92 Å². The lowest BCUT2D eigenvalue weighted by Gasteiger charge is -2.17. The minimum absolute atomic E-state index is 0.246. The number of rotatable bonds is 5. The van der Waals surface area contributed by atoms with E-state index in [0.29, 0.717) is 12.0 Å². The molecule has 2 aliphatic rings. The molecule has 1 aliphatic heterocycles. The van der Waals surface area contributed by atoms with E-state index in [1.54, 1.807) is 0 Å². The Morgan fingerprint density at radius 2 is 2.09 bits per heavy atom. The molecule has 5 heteroatoms. The summed E-state index contributed by atoms with van der Waals surface area (Å²) in [5.74, 6) is 1.78. The molecule has 1 aromatic heterocycles. The summed E-state index contributed by atoms with van der Waals surface area (Å²) in [5, 5.41) is 7.24. The Morgan fingerprint density at radius 3 is 2.77 bits per heavy atom. The number of hydrogen-bond donors (Lipinski definition) is 1. The number of aryl methyl sites for hydroxylation is 2. The highest BCUT2D eigenvalue weighted by Gasteiger charge is 2.26. The second-order valence-corrected chi connectivity index (χ2v) is 6.95. The molecule has 0 radical (unpaired) electrons. The Kier molecular flexibility index (Phi) is 4.81. The number of aromatic nitrogens is 1. The third kappa shape index (κ3) is 3.69. The van der Waals surface area contributed by atoms with Gasteiger partial charge in [0.05, 0.1) is 5.69 Å². The van der Waals surface area contributed by atoms with Crippen LogP contribution in [0.25, 0.3) is 0 Å². The van der Waals surface area contributed by atoms with Crippen molar-refractivity contribution in [1.29, 1.82) is 0 Å². The molecule has 3 rings (SSSR count). The molecule has 1 aliphatic carbocycles. The molecule has 122 valence electrons. The third-order valence-corrected chi connectivity index (χ3v) is 5.15. The lowest BCUT2D eigenvalue weighted by Crippen LogP contribution is -2.37. The lowest BCUT2D eigenvalue weighted by atomic mass is 10.0. The summed E-state index contributed by atoms with van der Waals surface area (Å²) in [5.41, 5.74) is 2.17. The van der Waals surface area contributed by atoms with E-state index in [-0.39, 0.29) is 5.91 Å². The van der Waals surface area contributed by atoms with Gasteiger partial charge < -0.3 is 9.84 Å². The van der Waals surface area contributed by atoms with Gasteiger partial charge in [-0.25, -0.2) is 0 Å². The maximum Gasteiger partial charge on any atom is 0.220 e. The van der Waals surface area contributed by atoms with Crippen molar-refractivity contribution < 1.29 is 9.32 Å². The van der Waals surface area contributed by atoms with E-state index in [4.69, 9.17) is 4.52 Å². The highest BCUT2D eigenvalue weighted by atomic mass is 16.5. The largest absolute Gasteiger partial charge is 0.361 e. The van der Waals surface area contributed by atoms with Gasteiger partial charge in [-0.1, -0.05) is 18.0 Å². The first-order valence-corrected chi connectivity index (χ1v) is 8.55. The summed E-state index contributed by atoms with van der Waals surface area (Å²) < 4.78 is 5.22. The van der Waals surface area contributed by atoms with Crippen LogP contribution in [0.2, 0.25) is 0 Å². The van der Waals surface area contributed by atoms with Crippen molar-refractivity contribution in [3.63, 3.8) is 0 Å². The third-order valence-electron chi connectivity index (χ3n) is 5.15. The van der Waals surface area contributed by atoms with E-state index in [1.807, 2.05) is 13.8 Å². The fourth-order valence-electron chi connectivity index (χ4n) is 3.81. The second-order valence-electron chi connectivity index (χ2n) is 6.95. The van der Waals surface area contributed by atoms with Crippen LogP contribution in [0.4, 0.5) is 0 Å². The quantitative estimate of drug-likeness (QED) is 0.908. The highest BCUT2D eigenvalue weighted by molar-refractivity contribution is 5.76. The maximum atomic E-state index is 12.1. The molecule has 1 saturated heterocycles. The molecule has 22 heavy (non-hydrogen) atoms. The number of likely N-dealkylation sites (tertiary alicyclic amines) is 1. The Labute approximate surface area is 132 Å². The van der Waals surface area contributed by atoms with Crippen LogP contribution >= 0.6 is 0 Å². The molecule has 1 unspecified atom stereocenters. The van der Waals surface area contributed by atoms with Crippen LogP contribution in [0.3, 0.4) is 0 Å². The lowest BCUT2D eigenvalue weighted by molar-refractivity contribution is -0.122. The van der Waals surface area contributed by atoms with Gasteiger partial charge in [-0.3, -0.25) is 9.69 Å². The number of carbonyl (C=O) groups is 1. The van der Waals surface area contributed by atoms with E-state index in [9.17, 15) is 4.79 Å². The summed E-state index contributed by atoms with van der Waals surface area (Å²) >= 11 is 0. The highest BCUT2D eigenvalue weighted by Crippen LogP contribution is 2.27. The van der Waals surface area contributed by atoms with E-state index < -0.39 is 0 Å². The predicted molar refractivity (Wildman–Crippen MR) is 84.4 cm³/mol. The monoisotopic (exact) mass is 305 g/mol. The van der Waals surface area contributed by atoms with Gasteiger partial charge in [0.15, 0.2) is 0 Å². The van der Waals surface area contributed by atoms with Gasteiger partial charge in [0.25, 0.3) is 0 Å². The van der Waals surface area contributed by atoms with Gasteiger partial charge in [0.2, 0.25) is 5.91 Å².